The van der Waals surface area contributed by atoms with Gasteiger partial charge in [0.15, 0.2) is 0 Å². The van der Waals surface area contributed by atoms with Gasteiger partial charge in [0.2, 0.25) is 0 Å². The zero-order valence-corrected chi connectivity index (χ0v) is 18.1. The van der Waals surface area contributed by atoms with Gasteiger partial charge in [-0.15, -0.1) is 0 Å². The van der Waals surface area contributed by atoms with Crippen LogP contribution in [0.2, 0.25) is 0 Å². The SMILES string of the molecule is CN(C)c1cc(C#Cc2ccccc2NC(N)=O)nc(C#Cc2ccccc2NC(N)=O)c1. The third-order valence-corrected chi connectivity index (χ3v) is 4.35. The molecular formula is C25H22N6O2. The third-order valence-electron chi connectivity index (χ3n) is 4.35. The highest BCUT2D eigenvalue weighted by Crippen LogP contribution is 2.17. The van der Waals surface area contributed by atoms with E-state index in [1.165, 1.54) is 0 Å². The smallest absolute Gasteiger partial charge is 0.316 e. The van der Waals surface area contributed by atoms with Gasteiger partial charge in [0.05, 0.1) is 11.4 Å². The van der Waals surface area contributed by atoms with Gasteiger partial charge in [0.1, 0.15) is 11.4 Å². The molecule has 0 unspecified atom stereocenters. The normalized spacial score (nSPS) is 9.52. The lowest BCUT2D eigenvalue weighted by Crippen LogP contribution is -2.19. The molecule has 0 saturated carbocycles. The molecule has 1 heterocycles. The summed E-state index contributed by atoms with van der Waals surface area (Å²) in [6.45, 7) is 0. The first-order valence-corrected chi connectivity index (χ1v) is 9.86. The van der Waals surface area contributed by atoms with Gasteiger partial charge in [-0.3, -0.25) is 0 Å². The number of para-hydroxylation sites is 2. The van der Waals surface area contributed by atoms with Crippen molar-refractivity contribution < 1.29 is 9.59 Å². The molecule has 3 rings (SSSR count). The number of nitrogens with zero attached hydrogens (tertiary/aromatic N) is 2. The molecule has 0 saturated heterocycles. The van der Waals surface area contributed by atoms with Crippen molar-refractivity contribution in [2.24, 2.45) is 11.5 Å². The summed E-state index contributed by atoms with van der Waals surface area (Å²) in [6, 6.07) is 16.5. The maximum atomic E-state index is 11.2. The minimum absolute atomic E-state index is 0.503. The second-order valence-electron chi connectivity index (χ2n) is 7.06. The summed E-state index contributed by atoms with van der Waals surface area (Å²) in [5.41, 5.74) is 14.6. The maximum absolute atomic E-state index is 11.2. The molecule has 0 aliphatic rings. The number of benzene rings is 2. The summed E-state index contributed by atoms with van der Waals surface area (Å²) in [4.78, 5) is 28.9. The molecule has 8 nitrogen and oxygen atoms in total. The molecule has 6 N–H and O–H groups in total. The van der Waals surface area contributed by atoms with E-state index in [9.17, 15) is 9.59 Å². The average Bonchev–Trinajstić information content (AvgIpc) is 2.77. The standard InChI is InChI=1S/C25H22N6O2/c1-31(2)21-15-19(13-11-17-7-3-5-9-22(17)29-24(26)32)28-20(16-21)14-12-18-8-4-6-10-23(18)30-25(27)33/h3-10,15-16H,1-2H3,(H3,26,29,32)(H3,27,30,33). The van der Waals surface area contributed by atoms with Crippen LogP contribution >= 0.6 is 0 Å². The Labute approximate surface area is 192 Å². The van der Waals surface area contributed by atoms with Gasteiger partial charge in [-0.05, 0) is 48.2 Å². The fourth-order valence-corrected chi connectivity index (χ4v) is 2.83. The van der Waals surface area contributed by atoms with Crippen molar-refractivity contribution in [1.29, 1.82) is 0 Å². The Balaban J connectivity index is 1.99. The number of hydrogen-bond acceptors (Lipinski definition) is 4. The molecule has 3 aromatic rings. The first kappa shape index (κ1) is 22.7. The highest BCUT2D eigenvalue weighted by Gasteiger charge is 2.05. The number of carbonyl (C=O) groups is 2. The van der Waals surface area contributed by atoms with Crippen LogP contribution in [0.5, 0.6) is 0 Å². The fraction of sp³-hybridized carbons (Fsp3) is 0.0800. The van der Waals surface area contributed by atoms with Gasteiger partial charge in [-0.25, -0.2) is 14.6 Å². The molecule has 8 heteroatoms. The lowest BCUT2D eigenvalue weighted by Gasteiger charge is -2.12. The zero-order valence-electron chi connectivity index (χ0n) is 18.1. The van der Waals surface area contributed by atoms with Crippen molar-refractivity contribution in [3.05, 3.63) is 83.2 Å². The van der Waals surface area contributed by atoms with Crippen molar-refractivity contribution in [3.63, 3.8) is 0 Å². The van der Waals surface area contributed by atoms with Crippen molar-refractivity contribution in [2.75, 3.05) is 29.6 Å². The van der Waals surface area contributed by atoms with E-state index in [1.807, 2.05) is 43.3 Å². The molecule has 0 aliphatic heterocycles. The second-order valence-corrected chi connectivity index (χ2v) is 7.06. The molecule has 0 spiro atoms. The van der Waals surface area contributed by atoms with E-state index in [0.29, 0.717) is 33.9 Å². The van der Waals surface area contributed by atoms with Crippen LogP contribution in [0.15, 0.2) is 60.7 Å². The number of amides is 4. The number of anilines is 3. The van der Waals surface area contributed by atoms with Crippen LogP contribution in [0, 0.1) is 23.7 Å². The van der Waals surface area contributed by atoms with E-state index in [-0.39, 0.29) is 0 Å². The Morgan fingerprint density at radius 3 is 1.58 bits per heavy atom. The van der Waals surface area contributed by atoms with Gasteiger partial charge < -0.3 is 27.0 Å². The summed E-state index contributed by atoms with van der Waals surface area (Å²) in [6.07, 6.45) is 0. The van der Waals surface area contributed by atoms with Gasteiger partial charge in [-0.2, -0.15) is 0 Å². The van der Waals surface area contributed by atoms with Crippen molar-refractivity contribution in [3.8, 4) is 23.7 Å². The van der Waals surface area contributed by atoms with Gasteiger partial charge in [0.25, 0.3) is 0 Å². The van der Waals surface area contributed by atoms with Crippen LogP contribution < -0.4 is 27.0 Å². The number of pyridine rings is 1. The quantitative estimate of drug-likeness (QED) is 0.469. The first-order chi connectivity index (χ1) is 15.8. The van der Waals surface area contributed by atoms with Crippen LogP contribution in [0.3, 0.4) is 0 Å². The molecule has 2 aromatic carbocycles. The van der Waals surface area contributed by atoms with E-state index in [1.54, 1.807) is 36.4 Å². The van der Waals surface area contributed by atoms with Crippen molar-refractivity contribution in [1.82, 2.24) is 4.98 Å². The number of carbonyl (C=O) groups excluding carboxylic acids is 2. The molecule has 0 bridgehead atoms. The Hall–Kier alpha value is -4.95. The largest absolute Gasteiger partial charge is 0.377 e. The van der Waals surface area contributed by atoms with E-state index in [0.717, 1.165) is 5.69 Å². The number of aromatic nitrogens is 1. The Morgan fingerprint density at radius 2 is 1.18 bits per heavy atom. The molecule has 0 atom stereocenters. The van der Waals surface area contributed by atoms with E-state index >= 15 is 0 Å². The number of rotatable bonds is 3. The van der Waals surface area contributed by atoms with E-state index in [2.05, 4.69) is 39.3 Å². The highest BCUT2D eigenvalue weighted by molar-refractivity contribution is 5.90. The molecule has 164 valence electrons. The zero-order chi connectivity index (χ0) is 23.8. The minimum Gasteiger partial charge on any atom is -0.377 e. The van der Waals surface area contributed by atoms with Gasteiger partial charge in [-0.1, -0.05) is 36.1 Å². The summed E-state index contributed by atoms with van der Waals surface area (Å²) < 4.78 is 0. The van der Waals surface area contributed by atoms with Crippen LogP contribution in [0.1, 0.15) is 22.5 Å². The Kier molecular flexibility index (Phi) is 7.15. The van der Waals surface area contributed by atoms with E-state index < -0.39 is 12.1 Å². The maximum Gasteiger partial charge on any atom is 0.316 e. The number of hydrogen-bond donors (Lipinski definition) is 4. The molecular weight excluding hydrogens is 416 g/mol. The van der Waals surface area contributed by atoms with Gasteiger partial charge in [0, 0.05) is 30.9 Å². The molecule has 0 fully saturated rings. The summed E-state index contributed by atoms with van der Waals surface area (Å²) in [7, 11) is 3.81. The lowest BCUT2D eigenvalue weighted by molar-refractivity contribution is 0.258. The summed E-state index contributed by atoms with van der Waals surface area (Å²) in [5.74, 6) is 12.1. The second kappa shape index (κ2) is 10.4. The first-order valence-electron chi connectivity index (χ1n) is 9.86. The lowest BCUT2D eigenvalue weighted by atomic mass is 10.1. The van der Waals surface area contributed by atoms with Crippen LogP contribution in [-0.4, -0.2) is 31.1 Å². The number of nitrogens with one attached hydrogen (secondary N) is 2. The predicted octanol–water partition coefficient (Wildman–Crippen LogP) is 2.93. The molecule has 4 amide bonds. The van der Waals surface area contributed by atoms with Crippen LogP contribution in [0.25, 0.3) is 0 Å². The molecule has 33 heavy (non-hydrogen) atoms. The topological polar surface area (TPSA) is 126 Å². The molecule has 0 radical (unpaired) electrons. The number of nitrogens with two attached hydrogens (primary N) is 2. The monoisotopic (exact) mass is 438 g/mol. The van der Waals surface area contributed by atoms with Crippen LogP contribution in [0.4, 0.5) is 26.7 Å². The van der Waals surface area contributed by atoms with Gasteiger partial charge >= 0.3 is 12.1 Å². The van der Waals surface area contributed by atoms with Crippen LogP contribution in [-0.2, 0) is 0 Å². The Morgan fingerprint density at radius 1 is 0.758 bits per heavy atom. The third kappa shape index (κ3) is 6.51. The summed E-state index contributed by atoms with van der Waals surface area (Å²) >= 11 is 0. The highest BCUT2D eigenvalue weighted by atomic mass is 16.2. The molecule has 0 aliphatic carbocycles. The number of urea groups is 2. The van der Waals surface area contributed by atoms with Crippen molar-refractivity contribution in [2.45, 2.75) is 0 Å². The number of primary amides is 2. The summed E-state index contributed by atoms with van der Waals surface area (Å²) in [5, 5.41) is 5.11. The minimum atomic E-state index is -0.666. The van der Waals surface area contributed by atoms with Crippen molar-refractivity contribution >= 4 is 29.1 Å². The fourth-order valence-electron chi connectivity index (χ4n) is 2.83. The average molecular weight is 438 g/mol. The molecule has 1 aromatic heterocycles. The Bertz CT molecular complexity index is 1230. The van der Waals surface area contributed by atoms with E-state index in [4.69, 9.17) is 11.5 Å². The predicted molar refractivity (Wildman–Crippen MR) is 130 cm³/mol.